The number of aryl methyl sites for hydroxylation is 1. The van der Waals surface area contributed by atoms with Gasteiger partial charge in [0.2, 0.25) is 5.95 Å². The van der Waals surface area contributed by atoms with Gasteiger partial charge in [-0.25, -0.2) is 0 Å². The molecule has 2 fully saturated rings. The lowest BCUT2D eigenvalue weighted by atomic mass is 9.77. The second kappa shape index (κ2) is 5.14. The Kier molecular flexibility index (Phi) is 3.24. The monoisotopic (exact) mass is 300 g/mol. The van der Waals surface area contributed by atoms with Gasteiger partial charge in [-0.15, -0.1) is 0 Å². The number of fused-ring (bicyclic) bond motifs is 1. The van der Waals surface area contributed by atoms with Crippen LogP contribution in [-0.4, -0.2) is 28.0 Å². The Morgan fingerprint density at radius 3 is 2.64 bits per heavy atom. The summed E-state index contributed by atoms with van der Waals surface area (Å²) < 4.78 is 0. The highest BCUT2D eigenvalue weighted by molar-refractivity contribution is 5.79. The highest BCUT2D eigenvalue weighted by Crippen LogP contribution is 2.46. The summed E-state index contributed by atoms with van der Waals surface area (Å²) in [6.07, 6.45) is 10.8. The van der Waals surface area contributed by atoms with Crippen molar-refractivity contribution in [3.8, 4) is 0 Å². The molecule has 1 saturated carbocycles. The Bertz CT molecular complexity index is 729. The summed E-state index contributed by atoms with van der Waals surface area (Å²) in [6.45, 7) is 4.08. The molecular weight excluding hydrogens is 276 g/mol. The number of rotatable bonds is 2. The highest BCUT2D eigenvalue weighted by Gasteiger charge is 2.37. The maximum atomic E-state index is 12.4. The summed E-state index contributed by atoms with van der Waals surface area (Å²) in [4.78, 5) is 25.4. The fourth-order valence-corrected chi connectivity index (χ4v) is 4.34. The molecule has 22 heavy (non-hydrogen) atoms. The molecule has 5 nitrogen and oxygen atoms in total. The number of aromatic amines is 2. The first kappa shape index (κ1) is 13.9. The van der Waals surface area contributed by atoms with E-state index in [4.69, 9.17) is 0 Å². The molecule has 2 aliphatic rings. The molecule has 2 aromatic heterocycles. The van der Waals surface area contributed by atoms with Gasteiger partial charge in [-0.05, 0) is 43.1 Å². The zero-order chi connectivity index (χ0) is 15.2. The number of nitrogens with zero attached hydrogens (tertiary/aromatic N) is 2. The van der Waals surface area contributed by atoms with Gasteiger partial charge in [-0.2, -0.15) is 4.98 Å². The minimum absolute atomic E-state index is 0.0146. The minimum Gasteiger partial charge on any atom is -0.346 e. The number of nitrogens with one attached hydrogen (secondary N) is 2. The molecule has 4 rings (SSSR count). The van der Waals surface area contributed by atoms with Crippen molar-refractivity contribution in [3.63, 3.8) is 0 Å². The third-order valence-corrected chi connectivity index (χ3v) is 5.78. The van der Waals surface area contributed by atoms with Gasteiger partial charge in [-0.1, -0.05) is 19.8 Å². The molecule has 0 radical (unpaired) electrons. The zero-order valence-electron chi connectivity index (χ0n) is 13.2. The van der Waals surface area contributed by atoms with Crippen molar-refractivity contribution in [2.45, 2.75) is 51.9 Å². The van der Waals surface area contributed by atoms with Crippen LogP contribution < -0.4 is 10.5 Å². The quantitative estimate of drug-likeness (QED) is 0.896. The molecule has 3 heterocycles. The van der Waals surface area contributed by atoms with Crippen LogP contribution in [0.15, 0.2) is 11.0 Å². The first-order valence-electron chi connectivity index (χ1n) is 8.56. The number of hydrogen-bond donors (Lipinski definition) is 2. The third kappa shape index (κ3) is 2.14. The summed E-state index contributed by atoms with van der Waals surface area (Å²) in [5.74, 6) is 0.731. The van der Waals surface area contributed by atoms with Crippen molar-refractivity contribution in [2.75, 3.05) is 18.0 Å². The maximum Gasteiger partial charge on any atom is 0.262 e. The number of anilines is 1. The van der Waals surface area contributed by atoms with E-state index in [2.05, 4.69) is 26.8 Å². The summed E-state index contributed by atoms with van der Waals surface area (Å²) in [7, 11) is 0. The van der Waals surface area contributed by atoms with E-state index in [0.717, 1.165) is 42.1 Å². The van der Waals surface area contributed by atoms with Gasteiger partial charge < -0.3 is 9.88 Å². The van der Waals surface area contributed by atoms with Gasteiger partial charge in [0.05, 0.1) is 5.39 Å². The molecular formula is C17H24N4O. The Labute approximate surface area is 130 Å². The molecule has 118 valence electrons. The van der Waals surface area contributed by atoms with Gasteiger partial charge in [0.15, 0.2) is 0 Å². The average molecular weight is 300 g/mol. The zero-order valence-corrected chi connectivity index (χ0v) is 13.2. The fraction of sp³-hybridized carbons (Fsp3) is 0.647. The van der Waals surface area contributed by atoms with E-state index in [0.29, 0.717) is 5.41 Å². The minimum atomic E-state index is -0.0146. The summed E-state index contributed by atoms with van der Waals surface area (Å²) in [5, 5.41) is 0.718. The summed E-state index contributed by atoms with van der Waals surface area (Å²) in [5.41, 5.74) is 2.33. The standard InChI is InChI=1S/C17H24N4O/c1-2-12-11-18-14-13(12)15(22)20-16(19-14)21-9-7-17(8-10-21)5-3-4-6-17/h11H,2-10H2,1H3,(H2,18,19,20,22). The first-order valence-corrected chi connectivity index (χ1v) is 8.56. The number of H-pyrrole nitrogens is 2. The normalized spacial score (nSPS) is 21.0. The highest BCUT2D eigenvalue weighted by atomic mass is 16.1. The van der Waals surface area contributed by atoms with Crippen molar-refractivity contribution in [3.05, 3.63) is 22.1 Å². The van der Waals surface area contributed by atoms with E-state index in [1.165, 1.54) is 38.5 Å². The SMILES string of the molecule is CCc1c[nH]c2nc(N3CCC4(CCCC4)CC3)[nH]c(=O)c12. The molecule has 2 aromatic rings. The Morgan fingerprint density at radius 2 is 1.95 bits per heavy atom. The lowest BCUT2D eigenvalue weighted by Gasteiger charge is -2.39. The topological polar surface area (TPSA) is 64.8 Å². The van der Waals surface area contributed by atoms with Crippen LogP contribution in [0.2, 0.25) is 0 Å². The molecule has 2 N–H and O–H groups in total. The van der Waals surface area contributed by atoms with Crippen molar-refractivity contribution < 1.29 is 0 Å². The molecule has 5 heteroatoms. The molecule has 0 amide bonds. The summed E-state index contributed by atoms with van der Waals surface area (Å²) >= 11 is 0. The van der Waals surface area contributed by atoms with E-state index in [1.54, 1.807) is 0 Å². The van der Waals surface area contributed by atoms with Crippen LogP contribution in [0.3, 0.4) is 0 Å². The van der Waals surface area contributed by atoms with Crippen molar-refractivity contribution in [1.29, 1.82) is 0 Å². The molecule has 0 atom stereocenters. The van der Waals surface area contributed by atoms with Crippen molar-refractivity contribution in [2.24, 2.45) is 5.41 Å². The molecule has 1 aliphatic carbocycles. The van der Waals surface area contributed by atoms with E-state index < -0.39 is 0 Å². The maximum absolute atomic E-state index is 12.4. The van der Waals surface area contributed by atoms with E-state index in [1.807, 2.05) is 6.20 Å². The number of aromatic nitrogens is 3. The average Bonchev–Trinajstić information content (AvgIpc) is 3.15. The van der Waals surface area contributed by atoms with Crippen LogP contribution in [0.25, 0.3) is 11.0 Å². The van der Waals surface area contributed by atoms with E-state index >= 15 is 0 Å². The second-order valence-electron chi connectivity index (χ2n) is 6.97. The molecule has 1 saturated heterocycles. The largest absolute Gasteiger partial charge is 0.346 e. The Balaban J connectivity index is 1.61. The number of piperidine rings is 1. The molecule has 0 unspecified atom stereocenters. The fourth-order valence-electron chi connectivity index (χ4n) is 4.34. The molecule has 0 bridgehead atoms. The van der Waals surface area contributed by atoms with Crippen LogP contribution in [-0.2, 0) is 6.42 Å². The lowest BCUT2D eigenvalue weighted by Crippen LogP contribution is -2.40. The van der Waals surface area contributed by atoms with Crippen molar-refractivity contribution in [1.82, 2.24) is 15.0 Å². The smallest absolute Gasteiger partial charge is 0.262 e. The van der Waals surface area contributed by atoms with Crippen LogP contribution in [0.5, 0.6) is 0 Å². The second-order valence-corrected chi connectivity index (χ2v) is 6.97. The lowest BCUT2D eigenvalue weighted by molar-refractivity contribution is 0.225. The van der Waals surface area contributed by atoms with Crippen molar-refractivity contribution >= 4 is 17.0 Å². The van der Waals surface area contributed by atoms with Crippen LogP contribution in [0.1, 0.15) is 51.0 Å². The van der Waals surface area contributed by atoms with E-state index in [9.17, 15) is 4.79 Å². The van der Waals surface area contributed by atoms with Crippen LogP contribution >= 0.6 is 0 Å². The predicted molar refractivity (Wildman–Crippen MR) is 88.4 cm³/mol. The first-order chi connectivity index (χ1) is 10.7. The van der Waals surface area contributed by atoms with E-state index in [-0.39, 0.29) is 5.56 Å². The number of hydrogen-bond acceptors (Lipinski definition) is 3. The van der Waals surface area contributed by atoms with Gasteiger partial charge in [0.1, 0.15) is 5.65 Å². The van der Waals surface area contributed by atoms with Gasteiger partial charge in [-0.3, -0.25) is 9.78 Å². The Hall–Kier alpha value is -1.78. The predicted octanol–water partition coefficient (Wildman–Crippen LogP) is 2.97. The summed E-state index contributed by atoms with van der Waals surface area (Å²) in [6, 6.07) is 0. The van der Waals surface area contributed by atoms with Crippen LogP contribution in [0.4, 0.5) is 5.95 Å². The molecule has 1 aliphatic heterocycles. The molecule has 1 spiro atoms. The molecule has 0 aromatic carbocycles. The van der Waals surface area contributed by atoms with Gasteiger partial charge >= 0.3 is 0 Å². The van der Waals surface area contributed by atoms with Gasteiger partial charge in [0, 0.05) is 19.3 Å². The van der Waals surface area contributed by atoms with Gasteiger partial charge in [0.25, 0.3) is 5.56 Å². The third-order valence-electron chi connectivity index (χ3n) is 5.78. The van der Waals surface area contributed by atoms with Crippen LogP contribution in [0, 0.1) is 5.41 Å². The Morgan fingerprint density at radius 1 is 1.23 bits per heavy atom.